The van der Waals surface area contributed by atoms with E-state index in [-0.39, 0.29) is 38.8 Å². The summed E-state index contributed by atoms with van der Waals surface area (Å²) < 4.78 is 21.5. The topological polar surface area (TPSA) is 92.0 Å². The van der Waals surface area contributed by atoms with Crippen molar-refractivity contribution in [3.63, 3.8) is 0 Å². The van der Waals surface area contributed by atoms with Crippen LogP contribution >= 0.6 is 11.6 Å². The number of carbonyl (C=O) groups excluding carboxylic acids is 2. The summed E-state index contributed by atoms with van der Waals surface area (Å²) in [5, 5.41) is 0.520. The largest absolute Gasteiger partial charge is 0.465 e. The summed E-state index contributed by atoms with van der Waals surface area (Å²) in [4.78, 5) is 37.0. The van der Waals surface area contributed by atoms with Crippen molar-refractivity contribution < 1.29 is 28.2 Å². The summed E-state index contributed by atoms with van der Waals surface area (Å²) in [6.07, 6.45) is 0. The molecule has 0 aliphatic heterocycles. The lowest BCUT2D eigenvalue weighted by molar-refractivity contribution is 0.0600. The zero-order chi connectivity index (χ0) is 23.5. The summed E-state index contributed by atoms with van der Waals surface area (Å²) in [6.45, 7) is 1.58. The Hall–Kier alpha value is -4.10. The van der Waals surface area contributed by atoms with E-state index in [1.807, 2.05) is 0 Å². The van der Waals surface area contributed by atoms with Gasteiger partial charge in [-0.2, -0.15) is 0 Å². The van der Waals surface area contributed by atoms with E-state index in [9.17, 15) is 14.4 Å². The van der Waals surface area contributed by atoms with Crippen molar-refractivity contribution in [3.05, 3.63) is 98.9 Å². The van der Waals surface area contributed by atoms with E-state index in [0.29, 0.717) is 11.3 Å². The maximum Gasteiger partial charge on any atom is 0.345 e. The Labute approximate surface area is 193 Å². The number of ether oxygens (including phenoxy) is 3. The third kappa shape index (κ3) is 4.58. The SMILES string of the molecule is COC(=O)c1ccc(Oc2c(C)oc3cc(OC(=O)c4ccccc4Cl)ccc3c2=O)cc1. The zero-order valence-electron chi connectivity index (χ0n) is 17.6. The van der Waals surface area contributed by atoms with Crippen LogP contribution in [0.1, 0.15) is 26.5 Å². The van der Waals surface area contributed by atoms with Crippen LogP contribution in [0.4, 0.5) is 0 Å². The Morgan fingerprint density at radius 3 is 2.30 bits per heavy atom. The summed E-state index contributed by atoms with van der Waals surface area (Å²) in [5.74, 6) is -0.318. The minimum absolute atomic E-state index is 0.00845. The molecule has 0 spiro atoms. The number of carbonyl (C=O) groups is 2. The molecule has 0 fully saturated rings. The molecular weight excluding hydrogens is 448 g/mol. The lowest BCUT2D eigenvalue weighted by Gasteiger charge is -2.10. The molecule has 0 N–H and O–H groups in total. The molecule has 7 nitrogen and oxygen atoms in total. The van der Waals surface area contributed by atoms with Crippen LogP contribution in [0.5, 0.6) is 17.2 Å². The van der Waals surface area contributed by atoms with Gasteiger partial charge in [0.25, 0.3) is 0 Å². The first kappa shape index (κ1) is 22.1. The maximum atomic E-state index is 13.0. The quantitative estimate of drug-likeness (QED) is 0.282. The number of methoxy groups -OCH3 is 1. The number of benzene rings is 3. The monoisotopic (exact) mass is 464 g/mol. The van der Waals surface area contributed by atoms with E-state index in [2.05, 4.69) is 4.74 Å². The number of rotatable bonds is 5. The molecule has 0 atom stereocenters. The van der Waals surface area contributed by atoms with Crippen LogP contribution in [0.15, 0.2) is 75.9 Å². The second-order valence-corrected chi connectivity index (χ2v) is 7.37. The highest BCUT2D eigenvalue weighted by molar-refractivity contribution is 6.33. The fourth-order valence-corrected chi connectivity index (χ4v) is 3.35. The summed E-state index contributed by atoms with van der Waals surface area (Å²) in [7, 11) is 1.29. The van der Waals surface area contributed by atoms with Crippen molar-refractivity contribution >= 4 is 34.5 Å². The maximum absolute atomic E-state index is 13.0. The predicted molar refractivity (Wildman–Crippen MR) is 121 cm³/mol. The molecule has 3 aromatic carbocycles. The Bertz CT molecular complexity index is 1420. The second kappa shape index (κ2) is 9.18. The van der Waals surface area contributed by atoms with Gasteiger partial charge in [0.15, 0.2) is 0 Å². The van der Waals surface area contributed by atoms with Gasteiger partial charge in [-0.3, -0.25) is 4.79 Å². The fraction of sp³-hybridized carbons (Fsp3) is 0.0800. The summed E-state index contributed by atoms with van der Waals surface area (Å²) in [5.41, 5.74) is 0.412. The van der Waals surface area contributed by atoms with Gasteiger partial charge in [-0.1, -0.05) is 23.7 Å². The van der Waals surface area contributed by atoms with Gasteiger partial charge >= 0.3 is 11.9 Å². The van der Waals surface area contributed by atoms with Crippen LogP contribution in [0.25, 0.3) is 11.0 Å². The summed E-state index contributed by atoms with van der Waals surface area (Å²) >= 11 is 6.04. The van der Waals surface area contributed by atoms with Gasteiger partial charge in [0.1, 0.15) is 22.8 Å². The molecule has 0 radical (unpaired) electrons. The van der Waals surface area contributed by atoms with Crippen molar-refractivity contribution in [2.24, 2.45) is 0 Å². The standard InChI is InChI=1S/C25H17ClO7/c1-14-23(32-16-9-7-15(8-10-16)24(28)30-2)22(27)19-12-11-17(13-21(19)31-14)33-25(29)18-5-3-4-6-20(18)26/h3-13H,1-2H3. The smallest absolute Gasteiger partial charge is 0.345 e. The molecule has 4 aromatic rings. The van der Waals surface area contributed by atoms with Gasteiger partial charge in [0.2, 0.25) is 11.2 Å². The van der Waals surface area contributed by atoms with Gasteiger partial charge in [0.05, 0.1) is 28.6 Å². The number of esters is 2. The van der Waals surface area contributed by atoms with Gasteiger partial charge in [-0.15, -0.1) is 0 Å². The van der Waals surface area contributed by atoms with E-state index in [0.717, 1.165) is 0 Å². The molecule has 4 rings (SSSR count). The van der Waals surface area contributed by atoms with Gasteiger partial charge < -0.3 is 18.6 Å². The van der Waals surface area contributed by atoms with Crippen molar-refractivity contribution in [2.75, 3.05) is 7.11 Å². The van der Waals surface area contributed by atoms with Crippen molar-refractivity contribution in [1.82, 2.24) is 0 Å². The zero-order valence-corrected chi connectivity index (χ0v) is 18.3. The first-order valence-corrected chi connectivity index (χ1v) is 10.2. The Balaban J connectivity index is 1.61. The lowest BCUT2D eigenvalue weighted by Crippen LogP contribution is -2.10. The van der Waals surface area contributed by atoms with E-state index >= 15 is 0 Å². The molecule has 0 amide bonds. The lowest BCUT2D eigenvalue weighted by atomic mass is 10.2. The van der Waals surface area contributed by atoms with Crippen LogP contribution in [-0.4, -0.2) is 19.0 Å². The van der Waals surface area contributed by atoms with E-state index in [1.165, 1.54) is 37.4 Å². The minimum atomic E-state index is -0.630. The number of halogens is 1. The number of hydrogen-bond acceptors (Lipinski definition) is 7. The number of aryl methyl sites for hydroxylation is 1. The molecule has 33 heavy (non-hydrogen) atoms. The molecule has 0 saturated carbocycles. The molecule has 0 aliphatic carbocycles. The fourth-order valence-electron chi connectivity index (χ4n) is 3.13. The molecule has 1 aromatic heterocycles. The highest BCUT2D eigenvalue weighted by Crippen LogP contribution is 2.28. The normalized spacial score (nSPS) is 10.6. The molecule has 0 aliphatic rings. The first-order chi connectivity index (χ1) is 15.9. The van der Waals surface area contributed by atoms with Gasteiger partial charge in [-0.25, -0.2) is 9.59 Å². The van der Waals surface area contributed by atoms with Crippen LogP contribution in [0, 0.1) is 6.92 Å². The third-order valence-electron chi connectivity index (χ3n) is 4.79. The van der Waals surface area contributed by atoms with Crippen molar-refractivity contribution in [2.45, 2.75) is 6.92 Å². The molecule has 0 bridgehead atoms. The molecular formula is C25H17ClO7. The van der Waals surface area contributed by atoms with Crippen LogP contribution in [0.3, 0.4) is 0 Å². The molecule has 166 valence electrons. The van der Waals surface area contributed by atoms with Crippen LogP contribution in [-0.2, 0) is 4.74 Å². The Morgan fingerprint density at radius 1 is 0.909 bits per heavy atom. The minimum Gasteiger partial charge on any atom is -0.465 e. The average molecular weight is 465 g/mol. The first-order valence-electron chi connectivity index (χ1n) is 9.78. The molecule has 1 heterocycles. The van der Waals surface area contributed by atoms with Crippen LogP contribution in [0.2, 0.25) is 5.02 Å². The second-order valence-electron chi connectivity index (χ2n) is 6.96. The molecule has 8 heteroatoms. The van der Waals surface area contributed by atoms with Gasteiger partial charge in [0, 0.05) is 6.07 Å². The number of hydrogen-bond donors (Lipinski definition) is 0. The number of fused-ring (bicyclic) bond motifs is 1. The van der Waals surface area contributed by atoms with Crippen LogP contribution < -0.4 is 14.9 Å². The Kier molecular flexibility index (Phi) is 6.15. The van der Waals surface area contributed by atoms with E-state index in [1.54, 1.807) is 43.3 Å². The highest BCUT2D eigenvalue weighted by atomic mass is 35.5. The van der Waals surface area contributed by atoms with Gasteiger partial charge in [-0.05, 0) is 55.5 Å². The molecule has 0 unspecified atom stereocenters. The van der Waals surface area contributed by atoms with Crippen molar-refractivity contribution in [1.29, 1.82) is 0 Å². The Morgan fingerprint density at radius 2 is 1.61 bits per heavy atom. The van der Waals surface area contributed by atoms with Crippen molar-refractivity contribution in [3.8, 4) is 17.2 Å². The summed E-state index contributed by atoms with van der Waals surface area (Å²) in [6, 6.07) is 17.1. The van der Waals surface area contributed by atoms with E-state index in [4.69, 9.17) is 25.5 Å². The molecule has 0 saturated heterocycles. The highest BCUT2D eigenvalue weighted by Gasteiger charge is 2.17. The van der Waals surface area contributed by atoms with E-state index < -0.39 is 17.4 Å². The average Bonchev–Trinajstić information content (AvgIpc) is 2.81. The third-order valence-corrected chi connectivity index (χ3v) is 5.12. The predicted octanol–water partition coefficient (Wildman–Crippen LogP) is 5.55.